The lowest BCUT2D eigenvalue weighted by Gasteiger charge is -2.39. The second kappa shape index (κ2) is 6.99. The van der Waals surface area contributed by atoms with Crippen LogP contribution in [0, 0.1) is 13.8 Å². The standard InChI is InChI=1S/C24H25N3O3/c1-14-9-18-11-22(29-23(18)16(3)25-14)20-10-17-5-6-19(12-21(17)30-24(20)28)27-8-7-26(4)15(2)13-27/h5-6,9-12,15H,7-8,13H2,1-4H3/t15-/m1/s1. The highest BCUT2D eigenvalue weighted by atomic mass is 16.4. The molecular formula is C24H25N3O3. The molecule has 0 radical (unpaired) electrons. The second-order valence-corrected chi connectivity index (χ2v) is 8.32. The quantitative estimate of drug-likeness (QED) is 0.464. The fraction of sp³-hybridized carbons (Fsp3) is 0.333. The number of hydrogen-bond acceptors (Lipinski definition) is 6. The lowest BCUT2D eigenvalue weighted by Crippen LogP contribution is -2.50. The number of fused-ring (bicyclic) bond motifs is 2. The zero-order valence-electron chi connectivity index (χ0n) is 17.7. The molecule has 6 heteroatoms. The number of pyridine rings is 1. The van der Waals surface area contributed by atoms with Crippen molar-refractivity contribution in [3.8, 4) is 11.3 Å². The molecule has 0 bridgehead atoms. The molecule has 0 unspecified atom stereocenters. The topological polar surface area (TPSA) is 62.7 Å². The Morgan fingerprint density at radius 2 is 1.87 bits per heavy atom. The van der Waals surface area contributed by atoms with Crippen molar-refractivity contribution in [1.29, 1.82) is 0 Å². The van der Waals surface area contributed by atoms with Crippen molar-refractivity contribution < 1.29 is 8.83 Å². The molecule has 0 N–H and O–H groups in total. The van der Waals surface area contributed by atoms with Crippen LogP contribution in [0.2, 0.25) is 0 Å². The maximum Gasteiger partial charge on any atom is 0.347 e. The molecule has 5 rings (SSSR count). The highest BCUT2D eigenvalue weighted by molar-refractivity contribution is 5.88. The SMILES string of the molecule is Cc1cc2cc(-c3cc4ccc(N5CCN(C)[C@H](C)C5)cc4oc3=O)oc2c(C)n1. The summed E-state index contributed by atoms with van der Waals surface area (Å²) in [7, 11) is 2.15. The van der Waals surface area contributed by atoms with Crippen LogP contribution in [0.4, 0.5) is 5.69 Å². The van der Waals surface area contributed by atoms with E-state index in [-0.39, 0.29) is 0 Å². The maximum absolute atomic E-state index is 12.8. The highest BCUT2D eigenvalue weighted by Crippen LogP contribution is 2.31. The Balaban J connectivity index is 1.55. The van der Waals surface area contributed by atoms with Gasteiger partial charge in [0.15, 0.2) is 5.58 Å². The van der Waals surface area contributed by atoms with Crippen molar-refractivity contribution in [2.45, 2.75) is 26.8 Å². The van der Waals surface area contributed by atoms with Crippen LogP contribution in [0.15, 0.2) is 50.0 Å². The van der Waals surface area contributed by atoms with E-state index in [4.69, 9.17) is 8.83 Å². The summed E-state index contributed by atoms with van der Waals surface area (Å²) in [5, 5.41) is 1.82. The van der Waals surface area contributed by atoms with Gasteiger partial charge < -0.3 is 18.6 Å². The second-order valence-electron chi connectivity index (χ2n) is 8.32. The molecule has 3 aromatic heterocycles. The molecule has 0 amide bonds. The number of furan rings is 1. The van der Waals surface area contributed by atoms with Gasteiger partial charge in [0.05, 0.1) is 5.69 Å². The first-order chi connectivity index (χ1) is 14.4. The number of hydrogen-bond donors (Lipinski definition) is 0. The van der Waals surface area contributed by atoms with Crippen molar-refractivity contribution in [3.63, 3.8) is 0 Å². The van der Waals surface area contributed by atoms with Crippen LogP contribution in [-0.2, 0) is 0 Å². The monoisotopic (exact) mass is 403 g/mol. The van der Waals surface area contributed by atoms with E-state index in [2.05, 4.69) is 34.8 Å². The molecule has 4 aromatic rings. The van der Waals surface area contributed by atoms with Crippen LogP contribution in [-0.4, -0.2) is 42.6 Å². The Hall–Kier alpha value is -3.12. The van der Waals surface area contributed by atoms with Crippen molar-refractivity contribution in [2.24, 2.45) is 0 Å². The van der Waals surface area contributed by atoms with Gasteiger partial charge in [-0.1, -0.05) is 0 Å². The van der Waals surface area contributed by atoms with E-state index < -0.39 is 5.63 Å². The first kappa shape index (κ1) is 18.9. The molecule has 1 fully saturated rings. The summed E-state index contributed by atoms with van der Waals surface area (Å²) < 4.78 is 11.7. The first-order valence-electron chi connectivity index (χ1n) is 10.3. The molecule has 1 aromatic carbocycles. The van der Waals surface area contributed by atoms with Crippen LogP contribution in [0.3, 0.4) is 0 Å². The summed E-state index contributed by atoms with van der Waals surface area (Å²) in [5.74, 6) is 0.508. The number of nitrogens with zero attached hydrogens (tertiary/aromatic N) is 3. The number of likely N-dealkylation sites (N-methyl/N-ethyl adjacent to an activating group) is 1. The van der Waals surface area contributed by atoms with Gasteiger partial charge in [0.1, 0.15) is 16.9 Å². The van der Waals surface area contributed by atoms with Gasteiger partial charge in [-0.05, 0) is 58.2 Å². The number of rotatable bonds is 2. The number of piperazine rings is 1. The zero-order valence-corrected chi connectivity index (χ0v) is 17.7. The molecular weight excluding hydrogens is 378 g/mol. The summed E-state index contributed by atoms with van der Waals surface area (Å²) in [6.45, 7) is 9.01. The third kappa shape index (κ3) is 3.17. The Kier molecular flexibility index (Phi) is 4.40. The van der Waals surface area contributed by atoms with E-state index in [1.807, 2.05) is 44.2 Å². The Morgan fingerprint density at radius 1 is 1.03 bits per heavy atom. The number of aryl methyl sites for hydroxylation is 2. The number of benzene rings is 1. The van der Waals surface area contributed by atoms with Crippen molar-refractivity contribution in [2.75, 3.05) is 31.6 Å². The average Bonchev–Trinajstić information content (AvgIpc) is 3.13. The molecule has 30 heavy (non-hydrogen) atoms. The van der Waals surface area contributed by atoms with E-state index in [0.29, 0.717) is 28.5 Å². The van der Waals surface area contributed by atoms with E-state index in [9.17, 15) is 4.79 Å². The fourth-order valence-electron chi connectivity index (χ4n) is 4.25. The van der Waals surface area contributed by atoms with Gasteiger partial charge in [-0.15, -0.1) is 0 Å². The smallest absolute Gasteiger partial charge is 0.347 e. The van der Waals surface area contributed by atoms with Crippen molar-refractivity contribution in [1.82, 2.24) is 9.88 Å². The lowest BCUT2D eigenvalue weighted by molar-refractivity contribution is 0.234. The summed E-state index contributed by atoms with van der Waals surface area (Å²) in [6.07, 6.45) is 0. The summed E-state index contributed by atoms with van der Waals surface area (Å²) in [6, 6.07) is 12.3. The fourth-order valence-corrected chi connectivity index (χ4v) is 4.25. The minimum Gasteiger partial charge on any atom is -0.454 e. The summed E-state index contributed by atoms with van der Waals surface area (Å²) in [5.41, 5.74) is 4.15. The first-order valence-corrected chi connectivity index (χ1v) is 10.3. The normalized spacial score (nSPS) is 17.9. The van der Waals surface area contributed by atoms with Crippen LogP contribution >= 0.6 is 0 Å². The molecule has 1 saturated heterocycles. The molecule has 0 aliphatic carbocycles. The maximum atomic E-state index is 12.8. The zero-order chi connectivity index (χ0) is 21.0. The molecule has 0 saturated carbocycles. The Bertz CT molecular complexity index is 1320. The molecule has 1 aliphatic heterocycles. The Labute approximate surface area is 174 Å². The van der Waals surface area contributed by atoms with Crippen molar-refractivity contribution >= 4 is 27.6 Å². The van der Waals surface area contributed by atoms with Crippen molar-refractivity contribution in [3.05, 3.63) is 58.2 Å². The summed E-state index contributed by atoms with van der Waals surface area (Å²) >= 11 is 0. The van der Waals surface area contributed by atoms with Gasteiger partial charge in [0, 0.05) is 53.9 Å². The lowest BCUT2D eigenvalue weighted by atomic mass is 10.1. The number of aromatic nitrogens is 1. The van der Waals surface area contributed by atoms with Gasteiger partial charge in [-0.2, -0.15) is 0 Å². The van der Waals surface area contributed by atoms with Gasteiger partial charge in [-0.3, -0.25) is 4.98 Å². The van der Waals surface area contributed by atoms with Crippen LogP contribution in [0.5, 0.6) is 0 Å². The molecule has 4 heterocycles. The molecule has 1 aliphatic rings. The van der Waals surface area contributed by atoms with Gasteiger partial charge >= 0.3 is 5.63 Å². The van der Waals surface area contributed by atoms with E-state index in [1.165, 1.54) is 0 Å². The Morgan fingerprint density at radius 3 is 2.67 bits per heavy atom. The number of anilines is 1. The van der Waals surface area contributed by atoms with E-state index >= 15 is 0 Å². The molecule has 0 spiro atoms. The van der Waals surface area contributed by atoms with Gasteiger partial charge in [0.2, 0.25) is 0 Å². The molecule has 6 nitrogen and oxygen atoms in total. The summed E-state index contributed by atoms with van der Waals surface area (Å²) in [4.78, 5) is 21.9. The third-order valence-electron chi connectivity index (χ3n) is 6.11. The predicted octanol–water partition coefficient (Wildman–Crippen LogP) is 4.36. The van der Waals surface area contributed by atoms with Crippen LogP contribution < -0.4 is 10.5 Å². The predicted molar refractivity (Wildman–Crippen MR) is 119 cm³/mol. The van der Waals surface area contributed by atoms with E-state index in [0.717, 1.165) is 47.5 Å². The van der Waals surface area contributed by atoms with Crippen LogP contribution in [0.1, 0.15) is 18.3 Å². The van der Waals surface area contributed by atoms with Gasteiger partial charge in [-0.25, -0.2) is 4.79 Å². The molecule has 1 atom stereocenters. The van der Waals surface area contributed by atoms with E-state index in [1.54, 1.807) is 0 Å². The minimum atomic E-state index is -0.396. The van der Waals surface area contributed by atoms with Gasteiger partial charge in [0.25, 0.3) is 0 Å². The highest BCUT2D eigenvalue weighted by Gasteiger charge is 2.21. The largest absolute Gasteiger partial charge is 0.454 e. The third-order valence-corrected chi connectivity index (χ3v) is 6.11. The van der Waals surface area contributed by atoms with Crippen LogP contribution in [0.25, 0.3) is 33.3 Å². The average molecular weight is 403 g/mol. The molecule has 154 valence electrons. The minimum absolute atomic E-state index is 0.396.